The Labute approximate surface area is 80.3 Å². The predicted octanol–water partition coefficient (Wildman–Crippen LogP) is 1.04. The summed E-state index contributed by atoms with van der Waals surface area (Å²) in [6.07, 6.45) is 5.88. The Morgan fingerprint density at radius 3 is 2.69 bits per heavy atom. The van der Waals surface area contributed by atoms with Crippen molar-refractivity contribution in [2.45, 2.75) is 45.1 Å². The molecule has 0 aromatic rings. The third-order valence-corrected chi connectivity index (χ3v) is 2.51. The fraction of sp³-hybridized carbons (Fsp3) is 0.900. The van der Waals surface area contributed by atoms with Gasteiger partial charge in [-0.2, -0.15) is 0 Å². The zero-order valence-electron chi connectivity index (χ0n) is 8.44. The van der Waals surface area contributed by atoms with Crippen LogP contribution in [0.5, 0.6) is 0 Å². The molecule has 1 fully saturated rings. The van der Waals surface area contributed by atoms with Crippen LogP contribution in [0, 0.1) is 0 Å². The minimum atomic E-state index is 0.160. The van der Waals surface area contributed by atoms with Crippen LogP contribution in [0.15, 0.2) is 0 Å². The molecule has 1 aliphatic rings. The van der Waals surface area contributed by atoms with E-state index in [1.54, 1.807) is 0 Å². The molecule has 1 saturated carbocycles. The van der Waals surface area contributed by atoms with Gasteiger partial charge in [-0.25, -0.2) is 0 Å². The van der Waals surface area contributed by atoms with Gasteiger partial charge < -0.3 is 10.6 Å². The SMILES string of the molecule is CCNC(=O)CCNC1CCCC1. The van der Waals surface area contributed by atoms with Crippen molar-refractivity contribution in [1.29, 1.82) is 0 Å². The molecule has 0 atom stereocenters. The summed E-state index contributed by atoms with van der Waals surface area (Å²) in [5.74, 6) is 0.160. The molecule has 0 aliphatic heterocycles. The van der Waals surface area contributed by atoms with Gasteiger partial charge in [-0.3, -0.25) is 4.79 Å². The Morgan fingerprint density at radius 1 is 1.38 bits per heavy atom. The predicted molar refractivity (Wildman–Crippen MR) is 53.6 cm³/mol. The van der Waals surface area contributed by atoms with Crippen molar-refractivity contribution < 1.29 is 4.79 Å². The van der Waals surface area contributed by atoms with Crippen LogP contribution >= 0.6 is 0 Å². The van der Waals surface area contributed by atoms with Crippen molar-refractivity contribution in [3.63, 3.8) is 0 Å². The number of hydrogen-bond acceptors (Lipinski definition) is 2. The van der Waals surface area contributed by atoms with Crippen molar-refractivity contribution in [3.8, 4) is 0 Å². The molecule has 1 aliphatic carbocycles. The van der Waals surface area contributed by atoms with E-state index in [9.17, 15) is 4.79 Å². The molecule has 1 rings (SSSR count). The second kappa shape index (κ2) is 5.97. The van der Waals surface area contributed by atoms with Crippen molar-refractivity contribution in [1.82, 2.24) is 10.6 Å². The first-order chi connectivity index (χ1) is 6.33. The van der Waals surface area contributed by atoms with Crippen LogP contribution in [0.1, 0.15) is 39.0 Å². The van der Waals surface area contributed by atoms with Crippen LogP contribution in [-0.2, 0) is 4.79 Å². The van der Waals surface area contributed by atoms with E-state index in [1.165, 1.54) is 25.7 Å². The number of amides is 1. The lowest BCUT2D eigenvalue weighted by Crippen LogP contribution is -2.31. The summed E-state index contributed by atoms with van der Waals surface area (Å²) >= 11 is 0. The summed E-state index contributed by atoms with van der Waals surface area (Å²) < 4.78 is 0. The highest BCUT2D eigenvalue weighted by Gasteiger charge is 2.13. The summed E-state index contributed by atoms with van der Waals surface area (Å²) in [5, 5.41) is 6.20. The molecule has 76 valence electrons. The van der Waals surface area contributed by atoms with Crippen LogP contribution in [0.2, 0.25) is 0 Å². The molecule has 0 spiro atoms. The number of carbonyl (C=O) groups excluding carboxylic acids is 1. The van der Waals surface area contributed by atoms with Crippen molar-refractivity contribution in [2.75, 3.05) is 13.1 Å². The van der Waals surface area contributed by atoms with E-state index >= 15 is 0 Å². The first kappa shape index (κ1) is 10.5. The van der Waals surface area contributed by atoms with Gasteiger partial charge in [0.25, 0.3) is 0 Å². The summed E-state index contributed by atoms with van der Waals surface area (Å²) in [6.45, 7) is 3.51. The molecule has 0 bridgehead atoms. The first-order valence-electron chi connectivity index (χ1n) is 5.33. The minimum Gasteiger partial charge on any atom is -0.356 e. The van der Waals surface area contributed by atoms with E-state index in [0.29, 0.717) is 12.5 Å². The highest BCUT2D eigenvalue weighted by atomic mass is 16.1. The van der Waals surface area contributed by atoms with Gasteiger partial charge in [-0.05, 0) is 19.8 Å². The van der Waals surface area contributed by atoms with Crippen LogP contribution in [0.3, 0.4) is 0 Å². The van der Waals surface area contributed by atoms with Gasteiger partial charge in [0.2, 0.25) is 5.91 Å². The lowest BCUT2D eigenvalue weighted by molar-refractivity contribution is -0.120. The molecule has 3 nitrogen and oxygen atoms in total. The fourth-order valence-corrected chi connectivity index (χ4v) is 1.81. The summed E-state index contributed by atoms with van der Waals surface area (Å²) in [5.41, 5.74) is 0. The van der Waals surface area contributed by atoms with Crippen molar-refractivity contribution in [3.05, 3.63) is 0 Å². The molecule has 0 saturated heterocycles. The van der Waals surface area contributed by atoms with Crippen molar-refractivity contribution in [2.24, 2.45) is 0 Å². The molecule has 0 aromatic heterocycles. The maximum Gasteiger partial charge on any atom is 0.221 e. The monoisotopic (exact) mass is 184 g/mol. The maximum absolute atomic E-state index is 11.1. The topological polar surface area (TPSA) is 41.1 Å². The summed E-state index contributed by atoms with van der Waals surface area (Å²) in [6, 6.07) is 0.675. The third kappa shape index (κ3) is 4.27. The van der Waals surface area contributed by atoms with Gasteiger partial charge in [0.15, 0.2) is 0 Å². The Kier molecular flexibility index (Phi) is 4.83. The molecular weight excluding hydrogens is 164 g/mol. The standard InChI is InChI=1S/C10H20N2O/c1-2-11-10(13)7-8-12-9-5-3-4-6-9/h9,12H,2-8H2,1H3,(H,11,13). The molecule has 1 amide bonds. The van der Waals surface area contributed by atoms with E-state index in [1.807, 2.05) is 6.92 Å². The van der Waals surface area contributed by atoms with E-state index in [4.69, 9.17) is 0 Å². The highest BCUT2D eigenvalue weighted by Crippen LogP contribution is 2.17. The zero-order valence-corrected chi connectivity index (χ0v) is 8.44. The molecule has 0 aromatic carbocycles. The molecule has 0 unspecified atom stereocenters. The second-order valence-corrected chi connectivity index (χ2v) is 3.64. The lowest BCUT2D eigenvalue weighted by Gasteiger charge is -2.10. The normalized spacial score (nSPS) is 17.6. The van der Waals surface area contributed by atoms with E-state index < -0.39 is 0 Å². The average molecular weight is 184 g/mol. The van der Waals surface area contributed by atoms with Gasteiger partial charge >= 0.3 is 0 Å². The molecular formula is C10H20N2O. The second-order valence-electron chi connectivity index (χ2n) is 3.64. The van der Waals surface area contributed by atoms with E-state index in [0.717, 1.165) is 13.1 Å². The summed E-state index contributed by atoms with van der Waals surface area (Å²) in [4.78, 5) is 11.1. The quantitative estimate of drug-likeness (QED) is 0.670. The Morgan fingerprint density at radius 2 is 2.08 bits per heavy atom. The highest BCUT2D eigenvalue weighted by molar-refractivity contribution is 5.75. The third-order valence-electron chi connectivity index (χ3n) is 2.51. The number of nitrogens with one attached hydrogen (secondary N) is 2. The van der Waals surface area contributed by atoms with Gasteiger partial charge in [-0.15, -0.1) is 0 Å². The van der Waals surface area contributed by atoms with Gasteiger partial charge in [0, 0.05) is 25.6 Å². The molecule has 13 heavy (non-hydrogen) atoms. The van der Waals surface area contributed by atoms with Crippen molar-refractivity contribution >= 4 is 5.91 Å². The zero-order chi connectivity index (χ0) is 9.52. The van der Waals surface area contributed by atoms with Crippen LogP contribution in [-0.4, -0.2) is 25.0 Å². The minimum absolute atomic E-state index is 0.160. The van der Waals surface area contributed by atoms with Gasteiger partial charge in [-0.1, -0.05) is 12.8 Å². The molecule has 0 radical (unpaired) electrons. The lowest BCUT2D eigenvalue weighted by atomic mass is 10.2. The fourth-order valence-electron chi connectivity index (χ4n) is 1.81. The Balaban J connectivity index is 1.96. The molecule has 0 heterocycles. The largest absolute Gasteiger partial charge is 0.356 e. The number of hydrogen-bond donors (Lipinski definition) is 2. The molecule has 2 N–H and O–H groups in total. The van der Waals surface area contributed by atoms with E-state index in [2.05, 4.69) is 10.6 Å². The Hall–Kier alpha value is -0.570. The van der Waals surface area contributed by atoms with Crippen LogP contribution in [0.25, 0.3) is 0 Å². The van der Waals surface area contributed by atoms with E-state index in [-0.39, 0.29) is 5.91 Å². The summed E-state index contributed by atoms with van der Waals surface area (Å²) in [7, 11) is 0. The van der Waals surface area contributed by atoms with Gasteiger partial charge in [0.1, 0.15) is 0 Å². The number of rotatable bonds is 5. The van der Waals surface area contributed by atoms with Crippen LogP contribution in [0.4, 0.5) is 0 Å². The number of carbonyl (C=O) groups is 1. The van der Waals surface area contributed by atoms with Crippen LogP contribution < -0.4 is 10.6 Å². The average Bonchev–Trinajstić information content (AvgIpc) is 2.57. The Bertz CT molecular complexity index is 153. The first-order valence-corrected chi connectivity index (χ1v) is 5.33. The molecule has 3 heteroatoms. The maximum atomic E-state index is 11.1. The smallest absolute Gasteiger partial charge is 0.221 e. The van der Waals surface area contributed by atoms with Gasteiger partial charge in [0.05, 0.1) is 0 Å².